The highest BCUT2D eigenvalue weighted by atomic mass is 19.4. The Balaban J connectivity index is 2.38. The molecule has 0 N–H and O–H groups in total. The lowest BCUT2D eigenvalue weighted by atomic mass is 10.00. The topological polar surface area (TPSA) is 61.8 Å². The summed E-state index contributed by atoms with van der Waals surface area (Å²) >= 11 is 0. The van der Waals surface area contributed by atoms with Crippen molar-refractivity contribution < 1.29 is 50.1 Å². The number of benzene rings is 2. The van der Waals surface area contributed by atoms with Crippen molar-refractivity contribution in [1.82, 2.24) is 0 Å². The SMILES string of the molecule is COC(COc1ccc(C=CC(=O)C(F)(F)F)cc1-c1ccc(C=CC(=O)C(F)(F)F)cc1)OC. The fourth-order valence-electron chi connectivity index (χ4n) is 2.70. The van der Waals surface area contributed by atoms with Gasteiger partial charge in [-0.3, -0.25) is 9.59 Å². The van der Waals surface area contributed by atoms with E-state index in [4.69, 9.17) is 14.2 Å². The zero-order chi connectivity index (χ0) is 26.2. The molecule has 188 valence electrons. The van der Waals surface area contributed by atoms with Crippen LogP contribution in [0.2, 0.25) is 0 Å². The van der Waals surface area contributed by atoms with Crippen molar-refractivity contribution in [3.05, 3.63) is 65.7 Å². The number of allylic oxidation sites excluding steroid dienone is 2. The molecule has 2 aromatic rings. The van der Waals surface area contributed by atoms with E-state index in [0.29, 0.717) is 34.6 Å². The maximum Gasteiger partial charge on any atom is 0.454 e. The predicted molar refractivity (Wildman–Crippen MR) is 115 cm³/mol. The molecule has 0 saturated heterocycles. The lowest BCUT2D eigenvalue weighted by molar-refractivity contribution is -0.165. The number of halogens is 6. The van der Waals surface area contributed by atoms with Crippen molar-refractivity contribution in [2.75, 3.05) is 20.8 Å². The van der Waals surface area contributed by atoms with Crippen LogP contribution in [0.25, 0.3) is 23.3 Å². The van der Waals surface area contributed by atoms with Gasteiger partial charge >= 0.3 is 12.4 Å². The molecular formula is C24H20F6O5. The molecule has 0 radical (unpaired) electrons. The number of hydrogen-bond acceptors (Lipinski definition) is 5. The Kier molecular flexibility index (Phi) is 9.38. The van der Waals surface area contributed by atoms with E-state index in [9.17, 15) is 35.9 Å². The van der Waals surface area contributed by atoms with Crippen LogP contribution in [-0.2, 0) is 19.1 Å². The molecule has 2 aromatic carbocycles. The quantitative estimate of drug-likeness (QED) is 0.239. The Hall–Kier alpha value is -3.44. The minimum Gasteiger partial charge on any atom is -0.488 e. The molecule has 0 bridgehead atoms. The van der Waals surface area contributed by atoms with Crippen LogP contribution in [-0.4, -0.2) is 51.0 Å². The van der Waals surface area contributed by atoms with E-state index >= 15 is 0 Å². The molecule has 11 heteroatoms. The Morgan fingerprint density at radius 1 is 0.800 bits per heavy atom. The third-order valence-corrected chi connectivity index (χ3v) is 4.54. The molecule has 0 aliphatic heterocycles. The monoisotopic (exact) mass is 502 g/mol. The van der Waals surface area contributed by atoms with Crippen molar-refractivity contribution in [2.24, 2.45) is 0 Å². The van der Waals surface area contributed by atoms with Crippen molar-refractivity contribution >= 4 is 23.7 Å². The van der Waals surface area contributed by atoms with Crippen LogP contribution in [0, 0.1) is 0 Å². The van der Waals surface area contributed by atoms with E-state index < -0.39 is 30.2 Å². The Labute approximate surface area is 196 Å². The van der Waals surface area contributed by atoms with E-state index in [0.717, 1.165) is 12.2 Å². The number of alkyl halides is 6. The molecule has 0 heterocycles. The number of hydrogen-bond donors (Lipinski definition) is 0. The predicted octanol–water partition coefficient (Wildman–Crippen LogP) is 5.64. The fraction of sp³-hybridized carbons (Fsp3) is 0.250. The first-order valence-electron chi connectivity index (χ1n) is 9.86. The minimum atomic E-state index is -5.01. The highest BCUT2D eigenvalue weighted by Crippen LogP contribution is 2.32. The third kappa shape index (κ3) is 8.37. The van der Waals surface area contributed by atoms with Crippen LogP contribution < -0.4 is 4.74 Å². The van der Waals surface area contributed by atoms with Crippen LogP contribution in [0.1, 0.15) is 11.1 Å². The lowest BCUT2D eigenvalue weighted by Gasteiger charge is -2.17. The van der Waals surface area contributed by atoms with Gasteiger partial charge in [0.2, 0.25) is 0 Å². The van der Waals surface area contributed by atoms with Crippen molar-refractivity contribution in [3.63, 3.8) is 0 Å². The molecule has 0 aliphatic rings. The molecule has 0 atom stereocenters. The average Bonchev–Trinajstić information content (AvgIpc) is 2.81. The molecule has 0 aliphatic carbocycles. The van der Waals surface area contributed by atoms with E-state index in [1.807, 2.05) is 0 Å². The van der Waals surface area contributed by atoms with E-state index in [2.05, 4.69) is 0 Å². The first kappa shape index (κ1) is 27.8. The summed E-state index contributed by atoms with van der Waals surface area (Å²) < 4.78 is 90.4. The number of ether oxygens (including phenoxy) is 3. The van der Waals surface area contributed by atoms with Gasteiger partial charge in [0.05, 0.1) is 0 Å². The smallest absolute Gasteiger partial charge is 0.454 e. The molecule has 0 unspecified atom stereocenters. The summed E-state index contributed by atoms with van der Waals surface area (Å²) in [6.07, 6.45) is -7.89. The van der Waals surface area contributed by atoms with Crippen LogP contribution in [0.5, 0.6) is 5.75 Å². The molecule has 0 spiro atoms. The molecule has 0 saturated carbocycles. The summed E-state index contributed by atoms with van der Waals surface area (Å²) in [5.74, 6) is -3.72. The standard InChI is InChI=1S/C24H20F6O5/c1-33-22(34-2)14-35-19-10-5-16(7-12-21(32)24(28,29)30)13-18(19)17-8-3-15(4-9-17)6-11-20(31)23(25,26)27/h3-13,22H,14H2,1-2H3. The summed E-state index contributed by atoms with van der Waals surface area (Å²) in [7, 11) is 2.81. The number of carbonyl (C=O) groups is 2. The van der Waals surface area contributed by atoms with Crippen LogP contribution in [0.15, 0.2) is 54.6 Å². The first-order valence-corrected chi connectivity index (χ1v) is 9.86. The maximum absolute atomic E-state index is 12.5. The molecule has 0 aromatic heterocycles. The molecule has 5 nitrogen and oxygen atoms in total. The Bertz CT molecular complexity index is 1080. The van der Waals surface area contributed by atoms with Crippen LogP contribution in [0.4, 0.5) is 26.3 Å². The number of rotatable bonds is 10. The maximum atomic E-state index is 12.5. The summed E-state index contributed by atoms with van der Waals surface area (Å²) in [5, 5.41) is 0. The van der Waals surface area contributed by atoms with Crippen molar-refractivity contribution in [3.8, 4) is 16.9 Å². The molecule has 0 fully saturated rings. The van der Waals surface area contributed by atoms with Crippen molar-refractivity contribution in [1.29, 1.82) is 0 Å². The number of methoxy groups -OCH3 is 2. The zero-order valence-electron chi connectivity index (χ0n) is 18.4. The van der Waals surface area contributed by atoms with E-state index in [1.165, 1.54) is 56.7 Å². The Morgan fingerprint density at radius 2 is 1.29 bits per heavy atom. The summed E-state index contributed by atoms with van der Waals surface area (Å²) in [6.45, 7) is -0.0257. The normalized spacial score (nSPS) is 12.6. The van der Waals surface area contributed by atoms with E-state index in [1.54, 1.807) is 0 Å². The molecule has 2 rings (SSSR count). The summed E-state index contributed by atoms with van der Waals surface area (Å²) in [6, 6.07) is 10.3. The average molecular weight is 502 g/mol. The largest absolute Gasteiger partial charge is 0.488 e. The third-order valence-electron chi connectivity index (χ3n) is 4.54. The first-order chi connectivity index (χ1) is 16.3. The zero-order valence-corrected chi connectivity index (χ0v) is 18.4. The number of ketones is 2. The van der Waals surface area contributed by atoms with Gasteiger partial charge in [0.1, 0.15) is 12.4 Å². The van der Waals surface area contributed by atoms with Gasteiger partial charge in [-0.25, -0.2) is 0 Å². The lowest BCUT2D eigenvalue weighted by Crippen LogP contribution is -2.22. The van der Waals surface area contributed by atoms with Crippen LogP contribution in [0.3, 0.4) is 0 Å². The highest BCUT2D eigenvalue weighted by molar-refractivity contribution is 5.98. The van der Waals surface area contributed by atoms with Gasteiger partial charge in [0.15, 0.2) is 6.29 Å². The van der Waals surface area contributed by atoms with Gasteiger partial charge in [-0.15, -0.1) is 0 Å². The second-order valence-corrected chi connectivity index (χ2v) is 6.98. The van der Waals surface area contributed by atoms with Gasteiger partial charge in [0.25, 0.3) is 11.6 Å². The Morgan fingerprint density at radius 3 is 1.77 bits per heavy atom. The second-order valence-electron chi connectivity index (χ2n) is 6.98. The van der Waals surface area contributed by atoms with Crippen molar-refractivity contribution in [2.45, 2.75) is 18.6 Å². The summed E-state index contributed by atoms with van der Waals surface area (Å²) in [4.78, 5) is 22.2. The minimum absolute atomic E-state index is 0.0257. The molecule has 0 amide bonds. The second kappa shape index (κ2) is 11.8. The molecule has 35 heavy (non-hydrogen) atoms. The van der Waals surface area contributed by atoms with Gasteiger partial charge in [-0.2, -0.15) is 26.3 Å². The van der Waals surface area contributed by atoms with Gasteiger partial charge < -0.3 is 14.2 Å². The van der Waals surface area contributed by atoms with Gasteiger partial charge in [-0.1, -0.05) is 42.5 Å². The van der Waals surface area contributed by atoms with Gasteiger partial charge in [0, 0.05) is 19.8 Å². The number of carbonyl (C=O) groups excluding carboxylic acids is 2. The summed E-state index contributed by atoms with van der Waals surface area (Å²) in [5.41, 5.74) is 1.49. The van der Waals surface area contributed by atoms with Crippen LogP contribution >= 0.6 is 0 Å². The molecular weight excluding hydrogens is 482 g/mol. The highest BCUT2D eigenvalue weighted by Gasteiger charge is 2.36. The fourth-order valence-corrected chi connectivity index (χ4v) is 2.70. The van der Waals surface area contributed by atoms with E-state index in [-0.39, 0.29) is 12.2 Å². The van der Waals surface area contributed by atoms with Gasteiger partial charge in [-0.05, 0) is 41.0 Å².